The zero-order chi connectivity index (χ0) is 25.0. The van der Waals surface area contributed by atoms with Crippen LogP contribution in [-0.2, 0) is 20.7 Å². The molecule has 1 fully saturated rings. The first kappa shape index (κ1) is 24.4. The van der Waals surface area contributed by atoms with E-state index in [-0.39, 0.29) is 24.7 Å². The molecule has 3 heterocycles. The third-order valence-electron chi connectivity index (χ3n) is 8.09. The van der Waals surface area contributed by atoms with Crippen LogP contribution in [0.3, 0.4) is 0 Å². The maximum Gasteiger partial charge on any atom is 0.338 e. The van der Waals surface area contributed by atoms with E-state index in [0.29, 0.717) is 24.4 Å². The lowest BCUT2D eigenvalue weighted by Gasteiger charge is -2.39. The molecule has 1 aliphatic carbocycles. The molecule has 0 aromatic heterocycles. The SMILES string of the molecule is COC1=CC23CCCN2CCc2cc4c(cc2[C@@H]3C1OC(=O)C(C)(O)CCCC(C)(C)O)OCO4. The van der Waals surface area contributed by atoms with Crippen molar-refractivity contribution in [1.82, 2.24) is 4.90 Å². The molecule has 0 saturated carbocycles. The van der Waals surface area contributed by atoms with Gasteiger partial charge in [0.25, 0.3) is 0 Å². The summed E-state index contributed by atoms with van der Waals surface area (Å²) >= 11 is 0. The molecule has 1 aromatic carbocycles. The molecule has 5 rings (SSSR count). The summed E-state index contributed by atoms with van der Waals surface area (Å²) in [7, 11) is 1.61. The molecule has 3 unspecified atom stereocenters. The normalized spacial score (nSPS) is 28.9. The van der Waals surface area contributed by atoms with Crippen LogP contribution in [0.1, 0.15) is 69.9 Å². The van der Waals surface area contributed by atoms with Gasteiger partial charge in [-0.05, 0) is 95.2 Å². The minimum Gasteiger partial charge on any atom is -0.497 e. The van der Waals surface area contributed by atoms with Gasteiger partial charge < -0.3 is 29.2 Å². The number of fused-ring (bicyclic) bond motifs is 3. The van der Waals surface area contributed by atoms with Gasteiger partial charge in [-0.2, -0.15) is 0 Å². The third kappa shape index (κ3) is 4.30. The van der Waals surface area contributed by atoms with E-state index in [0.717, 1.165) is 49.2 Å². The molecule has 192 valence electrons. The van der Waals surface area contributed by atoms with Crippen molar-refractivity contribution < 1.29 is 34.0 Å². The highest BCUT2D eigenvalue weighted by atomic mass is 16.7. The largest absolute Gasteiger partial charge is 0.497 e. The Kier molecular flexibility index (Phi) is 6.05. The van der Waals surface area contributed by atoms with Crippen molar-refractivity contribution in [3.05, 3.63) is 35.1 Å². The van der Waals surface area contributed by atoms with Gasteiger partial charge in [0.05, 0.1) is 24.2 Å². The fourth-order valence-electron chi connectivity index (χ4n) is 6.30. The fraction of sp³-hybridized carbons (Fsp3) is 0.667. The molecule has 1 aromatic rings. The van der Waals surface area contributed by atoms with Gasteiger partial charge in [0.2, 0.25) is 6.79 Å². The molecule has 1 saturated heterocycles. The van der Waals surface area contributed by atoms with Gasteiger partial charge in [0, 0.05) is 6.54 Å². The number of carbonyl (C=O) groups excluding carboxylic acids is 1. The van der Waals surface area contributed by atoms with E-state index in [1.807, 2.05) is 6.07 Å². The molecule has 4 atom stereocenters. The maximum atomic E-state index is 13.3. The third-order valence-corrected chi connectivity index (χ3v) is 8.09. The Balaban J connectivity index is 1.47. The summed E-state index contributed by atoms with van der Waals surface area (Å²) in [6, 6.07) is 4.10. The molecule has 8 nitrogen and oxygen atoms in total. The molecular formula is C27H37NO7. The van der Waals surface area contributed by atoms with Crippen LogP contribution in [0.4, 0.5) is 0 Å². The topological polar surface area (TPSA) is 97.7 Å². The van der Waals surface area contributed by atoms with Gasteiger partial charge in [-0.3, -0.25) is 4.90 Å². The standard InChI is InChI=1S/C27H37NO7/c1-25(2,30)8-5-9-26(3,31)24(29)35-23-21(32-4)15-27-10-6-11-28(27)12-7-17-13-19-20(34-16-33-19)14-18(17)22(23)27/h13-15,22-23,30-31H,5-12,16H2,1-4H3/t22-,23?,26?,27?/m1/s1. The number of ether oxygens (including phenoxy) is 4. The number of rotatable bonds is 7. The molecule has 1 spiro atoms. The molecule has 0 bridgehead atoms. The average Bonchev–Trinajstić information content (AvgIpc) is 3.46. The first-order valence-corrected chi connectivity index (χ1v) is 12.6. The Labute approximate surface area is 206 Å². The van der Waals surface area contributed by atoms with Crippen LogP contribution in [0.15, 0.2) is 24.0 Å². The highest BCUT2D eigenvalue weighted by molar-refractivity contribution is 5.79. The number of nitrogens with zero attached hydrogens (tertiary/aromatic N) is 1. The predicted octanol–water partition coefficient (Wildman–Crippen LogP) is 3.04. The first-order chi connectivity index (χ1) is 16.5. The molecule has 8 heteroatoms. The summed E-state index contributed by atoms with van der Waals surface area (Å²) in [6.45, 7) is 6.99. The Morgan fingerprint density at radius 2 is 1.91 bits per heavy atom. The molecule has 35 heavy (non-hydrogen) atoms. The van der Waals surface area contributed by atoms with Gasteiger partial charge in [0.1, 0.15) is 5.76 Å². The highest BCUT2D eigenvalue weighted by Crippen LogP contribution is 2.55. The summed E-state index contributed by atoms with van der Waals surface area (Å²) in [5.41, 5.74) is -0.593. The Bertz CT molecular complexity index is 1030. The van der Waals surface area contributed by atoms with Crippen molar-refractivity contribution in [1.29, 1.82) is 0 Å². The van der Waals surface area contributed by atoms with Crippen molar-refractivity contribution in [3.63, 3.8) is 0 Å². The van der Waals surface area contributed by atoms with E-state index in [2.05, 4.69) is 17.0 Å². The van der Waals surface area contributed by atoms with Crippen LogP contribution in [0, 0.1) is 0 Å². The number of esters is 1. The minimum atomic E-state index is -1.67. The zero-order valence-electron chi connectivity index (χ0n) is 21.1. The van der Waals surface area contributed by atoms with Crippen LogP contribution in [0.25, 0.3) is 0 Å². The van der Waals surface area contributed by atoms with E-state index in [4.69, 9.17) is 18.9 Å². The molecule has 0 amide bonds. The van der Waals surface area contributed by atoms with Crippen LogP contribution in [-0.4, -0.2) is 70.9 Å². The average molecular weight is 488 g/mol. The van der Waals surface area contributed by atoms with Crippen molar-refractivity contribution in [2.45, 2.75) is 88.1 Å². The number of hydrogen-bond donors (Lipinski definition) is 2. The van der Waals surface area contributed by atoms with E-state index in [1.54, 1.807) is 21.0 Å². The first-order valence-electron chi connectivity index (χ1n) is 12.6. The van der Waals surface area contributed by atoms with Gasteiger partial charge in [-0.1, -0.05) is 0 Å². The van der Waals surface area contributed by atoms with Crippen molar-refractivity contribution in [3.8, 4) is 11.5 Å². The van der Waals surface area contributed by atoms with Crippen LogP contribution in [0.2, 0.25) is 0 Å². The van der Waals surface area contributed by atoms with Gasteiger partial charge in [-0.15, -0.1) is 0 Å². The van der Waals surface area contributed by atoms with E-state index in [1.165, 1.54) is 6.92 Å². The summed E-state index contributed by atoms with van der Waals surface area (Å²) in [4.78, 5) is 15.8. The summed E-state index contributed by atoms with van der Waals surface area (Å²) in [5.74, 6) is 1.23. The summed E-state index contributed by atoms with van der Waals surface area (Å²) < 4.78 is 23.3. The zero-order valence-corrected chi connectivity index (χ0v) is 21.1. The van der Waals surface area contributed by atoms with Crippen LogP contribution >= 0.6 is 0 Å². The predicted molar refractivity (Wildman–Crippen MR) is 128 cm³/mol. The van der Waals surface area contributed by atoms with Gasteiger partial charge in [-0.25, -0.2) is 4.79 Å². The number of carbonyl (C=O) groups is 1. The number of methoxy groups -OCH3 is 1. The number of aliphatic hydroxyl groups is 2. The Hall–Kier alpha value is -2.29. The smallest absolute Gasteiger partial charge is 0.338 e. The lowest BCUT2D eigenvalue weighted by molar-refractivity contribution is -0.171. The van der Waals surface area contributed by atoms with Crippen molar-refractivity contribution in [2.75, 3.05) is 27.0 Å². The lowest BCUT2D eigenvalue weighted by atomic mass is 9.77. The van der Waals surface area contributed by atoms with Gasteiger partial charge >= 0.3 is 5.97 Å². The second-order valence-corrected chi connectivity index (χ2v) is 11.2. The maximum absolute atomic E-state index is 13.3. The van der Waals surface area contributed by atoms with E-state index < -0.39 is 23.3 Å². The molecule has 0 radical (unpaired) electrons. The lowest BCUT2D eigenvalue weighted by Crippen LogP contribution is -2.48. The Morgan fingerprint density at radius 1 is 1.17 bits per heavy atom. The minimum absolute atomic E-state index is 0.178. The Morgan fingerprint density at radius 3 is 2.63 bits per heavy atom. The van der Waals surface area contributed by atoms with Crippen molar-refractivity contribution in [2.24, 2.45) is 0 Å². The number of benzene rings is 1. The van der Waals surface area contributed by atoms with E-state index in [9.17, 15) is 15.0 Å². The molecule has 4 aliphatic rings. The second-order valence-electron chi connectivity index (χ2n) is 11.2. The van der Waals surface area contributed by atoms with Crippen LogP contribution < -0.4 is 9.47 Å². The quantitative estimate of drug-likeness (QED) is 0.567. The van der Waals surface area contributed by atoms with Gasteiger partial charge in [0.15, 0.2) is 23.2 Å². The van der Waals surface area contributed by atoms with Crippen molar-refractivity contribution >= 4 is 5.97 Å². The molecule has 2 N–H and O–H groups in total. The summed E-state index contributed by atoms with van der Waals surface area (Å²) in [5, 5.41) is 21.0. The van der Waals surface area contributed by atoms with E-state index >= 15 is 0 Å². The second kappa shape index (κ2) is 8.68. The fourth-order valence-corrected chi connectivity index (χ4v) is 6.30. The molecule has 3 aliphatic heterocycles. The monoisotopic (exact) mass is 487 g/mol. The highest BCUT2D eigenvalue weighted by Gasteiger charge is 2.58. The molecular weight excluding hydrogens is 450 g/mol. The number of hydrogen-bond acceptors (Lipinski definition) is 8. The summed E-state index contributed by atoms with van der Waals surface area (Å²) in [6.07, 6.45) is 5.52. The van der Waals surface area contributed by atoms with Crippen LogP contribution in [0.5, 0.6) is 11.5 Å².